The van der Waals surface area contributed by atoms with Gasteiger partial charge in [-0.25, -0.2) is 0 Å². The molecule has 1 amide bonds. The molecule has 2 aliphatic rings. The molecular weight excluding hydrogens is 266 g/mol. The predicted molar refractivity (Wildman–Crippen MR) is 84.4 cm³/mol. The third-order valence-corrected chi connectivity index (χ3v) is 4.69. The van der Waals surface area contributed by atoms with Crippen LogP contribution in [0, 0.1) is 0 Å². The van der Waals surface area contributed by atoms with Crippen LogP contribution < -0.4 is 5.32 Å². The molecule has 2 rings (SSSR count). The number of carbonyl (C=O) groups is 1. The molecule has 0 unspecified atom stereocenters. The van der Waals surface area contributed by atoms with Gasteiger partial charge in [-0.15, -0.1) is 0 Å². The summed E-state index contributed by atoms with van der Waals surface area (Å²) >= 11 is 0. The summed E-state index contributed by atoms with van der Waals surface area (Å²) in [5.74, 6) is 0.265. The molecule has 1 N–H and O–H groups in total. The summed E-state index contributed by atoms with van der Waals surface area (Å²) in [5.41, 5.74) is 0. The second kappa shape index (κ2) is 8.71. The summed E-state index contributed by atoms with van der Waals surface area (Å²) in [6, 6.07) is 0.799. The van der Waals surface area contributed by atoms with Gasteiger partial charge in [0.05, 0.1) is 19.8 Å². The average molecular weight is 297 g/mol. The number of morpholine rings is 1. The summed E-state index contributed by atoms with van der Waals surface area (Å²) in [6.45, 7) is 10.6. The van der Waals surface area contributed by atoms with Crippen LogP contribution in [-0.4, -0.2) is 73.7 Å². The summed E-state index contributed by atoms with van der Waals surface area (Å²) < 4.78 is 5.34. The number of carbonyl (C=O) groups excluding carboxylic acids is 1. The summed E-state index contributed by atoms with van der Waals surface area (Å²) in [6.07, 6.45) is 4.64. The minimum absolute atomic E-state index is 0.265. The molecule has 0 bridgehead atoms. The Hall–Kier alpha value is -0.650. The van der Waals surface area contributed by atoms with Crippen LogP contribution in [0.2, 0.25) is 0 Å². The first kappa shape index (κ1) is 16.7. The zero-order valence-electron chi connectivity index (χ0n) is 13.6. The zero-order chi connectivity index (χ0) is 15.1. The van der Waals surface area contributed by atoms with Crippen molar-refractivity contribution in [2.45, 2.75) is 51.6 Å². The van der Waals surface area contributed by atoms with Crippen LogP contribution in [0.5, 0.6) is 0 Å². The monoisotopic (exact) mass is 297 g/mol. The maximum absolute atomic E-state index is 12.3. The van der Waals surface area contributed by atoms with Crippen LogP contribution in [0.1, 0.15) is 39.5 Å². The lowest BCUT2D eigenvalue weighted by Crippen LogP contribution is -2.50. The van der Waals surface area contributed by atoms with Crippen LogP contribution in [0.4, 0.5) is 0 Å². The van der Waals surface area contributed by atoms with E-state index in [1.807, 2.05) is 0 Å². The van der Waals surface area contributed by atoms with Crippen molar-refractivity contribution in [2.75, 3.05) is 45.9 Å². The van der Waals surface area contributed by atoms with E-state index in [1.54, 1.807) is 0 Å². The van der Waals surface area contributed by atoms with Gasteiger partial charge < -0.3 is 15.0 Å². The minimum atomic E-state index is 0.265. The van der Waals surface area contributed by atoms with E-state index in [4.69, 9.17) is 4.74 Å². The van der Waals surface area contributed by atoms with E-state index >= 15 is 0 Å². The van der Waals surface area contributed by atoms with Gasteiger partial charge in [0.2, 0.25) is 5.91 Å². The van der Waals surface area contributed by atoms with Crippen LogP contribution in [0.25, 0.3) is 0 Å². The molecule has 0 aromatic carbocycles. The van der Waals surface area contributed by atoms with Gasteiger partial charge in [0.25, 0.3) is 0 Å². The number of amides is 1. The van der Waals surface area contributed by atoms with Crippen LogP contribution >= 0.6 is 0 Å². The van der Waals surface area contributed by atoms with Crippen molar-refractivity contribution in [3.05, 3.63) is 0 Å². The second-order valence-electron chi connectivity index (χ2n) is 6.41. The van der Waals surface area contributed by atoms with Gasteiger partial charge in [-0.2, -0.15) is 0 Å². The molecule has 2 heterocycles. The van der Waals surface area contributed by atoms with Gasteiger partial charge in [-0.05, 0) is 52.6 Å². The van der Waals surface area contributed by atoms with Crippen molar-refractivity contribution in [3.8, 4) is 0 Å². The number of ether oxygens (including phenoxy) is 1. The Bertz CT molecular complexity index is 309. The van der Waals surface area contributed by atoms with E-state index in [0.717, 1.165) is 58.7 Å². The Kier molecular flexibility index (Phi) is 6.93. The van der Waals surface area contributed by atoms with E-state index in [2.05, 4.69) is 29.0 Å². The zero-order valence-corrected chi connectivity index (χ0v) is 13.6. The molecule has 0 radical (unpaired) electrons. The van der Waals surface area contributed by atoms with Crippen LogP contribution in [0.3, 0.4) is 0 Å². The van der Waals surface area contributed by atoms with Crippen molar-refractivity contribution in [1.82, 2.24) is 15.1 Å². The number of hydrogen-bond acceptors (Lipinski definition) is 4. The Morgan fingerprint density at radius 2 is 1.86 bits per heavy atom. The lowest BCUT2D eigenvalue weighted by atomic mass is 9.97. The third kappa shape index (κ3) is 5.24. The van der Waals surface area contributed by atoms with Gasteiger partial charge in [0.15, 0.2) is 0 Å². The maximum Gasteiger partial charge on any atom is 0.237 e. The highest BCUT2D eigenvalue weighted by molar-refractivity contribution is 5.79. The molecule has 5 nitrogen and oxygen atoms in total. The quantitative estimate of drug-likeness (QED) is 0.746. The summed E-state index contributed by atoms with van der Waals surface area (Å²) in [5, 5.41) is 3.31. The molecule has 2 atom stereocenters. The van der Waals surface area contributed by atoms with Crippen molar-refractivity contribution in [3.63, 3.8) is 0 Å². The van der Waals surface area contributed by atoms with E-state index in [1.165, 1.54) is 6.42 Å². The maximum atomic E-state index is 12.3. The molecule has 122 valence electrons. The lowest BCUT2D eigenvalue weighted by molar-refractivity contribution is -0.136. The highest BCUT2D eigenvalue weighted by Crippen LogP contribution is 2.22. The van der Waals surface area contributed by atoms with E-state index in [-0.39, 0.29) is 5.91 Å². The van der Waals surface area contributed by atoms with Crippen molar-refractivity contribution < 1.29 is 9.53 Å². The Morgan fingerprint density at radius 3 is 2.52 bits per heavy atom. The van der Waals surface area contributed by atoms with E-state index in [9.17, 15) is 4.79 Å². The number of rotatable bonds is 6. The molecule has 0 aliphatic carbocycles. The van der Waals surface area contributed by atoms with E-state index in [0.29, 0.717) is 18.6 Å². The SMILES string of the molecule is C[C@H]1CCC[C@H](C)N1C(=O)CNCCCN1CCOCC1. The van der Waals surface area contributed by atoms with Gasteiger partial charge in [-0.1, -0.05) is 0 Å². The molecule has 2 saturated heterocycles. The van der Waals surface area contributed by atoms with Crippen molar-refractivity contribution in [2.24, 2.45) is 0 Å². The predicted octanol–water partition coefficient (Wildman–Crippen LogP) is 1.09. The molecule has 0 aromatic rings. The Labute approximate surface area is 129 Å². The van der Waals surface area contributed by atoms with Crippen LogP contribution in [-0.2, 0) is 9.53 Å². The molecule has 0 aromatic heterocycles. The summed E-state index contributed by atoms with van der Waals surface area (Å²) in [7, 11) is 0. The molecule has 2 fully saturated rings. The standard InChI is InChI=1S/C16H31N3O2/c1-14-5-3-6-15(2)19(14)16(20)13-17-7-4-8-18-9-11-21-12-10-18/h14-15,17H,3-13H2,1-2H3/t14-,15-/m0/s1. The number of piperidine rings is 1. The number of hydrogen-bond donors (Lipinski definition) is 1. The largest absolute Gasteiger partial charge is 0.379 e. The van der Waals surface area contributed by atoms with Gasteiger partial charge >= 0.3 is 0 Å². The number of likely N-dealkylation sites (tertiary alicyclic amines) is 1. The number of nitrogens with one attached hydrogen (secondary N) is 1. The summed E-state index contributed by atoms with van der Waals surface area (Å²) in [4.78, 5) is 16.8. The number of nitrogens with zero attached hydrogens (tertiary/aromatic N) is 2. The highest BCUT2D eigenvalue weighted by atomic mass is 16.5. The molecule has 0 saturated carbocycles. The third-order valence-electron chi connectivity index (χ3n) is 4.69. The van der Waals surface area contributed by atoms with Crippen molar-refractivity contribution in [1.29, 1.82) is 0 Å². The Balaban J connectivity index is 1.58. The minimum Gasteiger partial charge on any atom is -0.379 e. The van der Waals surface area contributed by atoms with Gasteiger partial charge in [0.1, 0.15) is 0 Å². The smallest absolute Gasteiger partial charge is 0.237 e. The van der Waals surface area contributed by atoms with Gasteiger partial charge in [0, 0.05) is 25.2 Å². The van der Waals surface area contributed by atoms with E-state index < -0.39 is 0 Å². The van der Waals surface area contributed by atoms with Gasteiger partial charge in [-0.3, -0.25) is 9.69 Å². The second-order valence-corrected chi connectivity index (χ2v) is 6.41. The fourth-order valence-electron chi connectivity index (χ4n) is 3.45. The highest BCUT2D eigenvalue weighted by Gasteiger charge is 2.28. The molecular formula is C16H31N3O2. The Morgan fingerprint density at radius 1 is 1.19 bits per heavy atom. The fourth-order valence-corrected chi connectivity index (χ4v) is 3.45. The molecule has 2 aliphatic heterocycles. The topological polar surface area (TPSA) is 44.8 Å². The van der Waals surface area contributed by atoms with Crippen molar-refractivity contribution >= 4 is 5.91 Å². The first-order valence-electron chi connectivity index (χ1n) is 8.50. The van der Waals surface area contributed by atoms with Crippen LogP contribution in [0.15, 0.2) is 0 Å². The lowest BCUT2D eigenvalue weighted by Gasteiger charge is -2.39. The fraction of sp³-hybridized carbons (Fsp3) is 0.938. The molecule has 5 heteroatoms. The normalized spacial score (nSPS) is 27.8. The first-order valence-corrected chi connectivity index (χ1v) is 8.50. The average Bonchev–Trinajstić information content (AvgIpc) is 2.48. The molecule has 0 spiro atoms. The first-order chi connectivity index (χ1) is 10.2. The molecule has 21 heavy (non-hydrogen) atoms.